The molecule has 1 aliphatic rings. The molecule has 2 aromatic rings. The minimum Gasteiger partial charge on any atom is -0.483 e. The highest BCUT2D eigenvalue weighted by molar-refractivity contribution is 7.89. The normalized spacial score (nSPS) is 15.1. The molecule has 3 rings (SSSR count). The molecule has 0 aliphatic carbocycles. The van der Waals surface area contributed by atoms with Gasteiger partial charge >= 0.3 is 0 Å². The van der Waals surface area contributed by atoms with Crippen molar-refractivity contribution in [2.24, 2.45) is 5.92 Å². The molecule has 0 spiro atoms. The van der Waals surface area contributed by atoms with Crippen molar-refractivity contribution >= 4 is 21.8 Å². The van der Waals surface area contributed by atoms with E-state index in [1.165, 1.54) is 28.6 Å². The third-order valence-electron chi connectivity index (χ3n) is 4.72. The fourth-order valence-electron chi connectivity index (χ4n) is 3.27. The smallest absolute Gasteiger partial charge is 0.269 e. The van der Waals surface area contributed by atoms with E-state index in [1.807, 2.05) is 58.0 Å². The molecule has 0 amide bonds. The molecule has 1 aliphatic heterocycles. The van der Waals surface area contributed by atoms with Gasteiger partial charge in [-0.25, -0.2) is 8.42 Å². The first kappa shape index (κ1) is 22.0. The van der Waals surface area contributed by atoms with Crippen LogP contribution < -0.4 is 4.74 Å². The second-order valence-corrected chi connectivity index (χ2v) is 10.3. The Hall–Kier alpha value is -2.71. The predicted molar refractivity (Wildman–Crippen MR) is 116 cm³/mol. The summed E-state index contributed by atoms with van der Waals surface area (Å²) in [5.74, 6) is 0.874. The van der Waals surface area contributed by atoms with Crippen LogP contribution in [0.5, 0.6) is 5.75 Å². The van der Waals surface area contributed by atoms with Crippen molar-refractivity contribution in [1.82, 2.24) is 4.31 Å². The second-order valence-electron chi connectivity index (χ2n) is 8.35. The zero-order valence-electron chi connectivity index (χ0n) is 17.5. The van der Waals surface area contributed by atoms with Crippen LogP contribution in [-0.2, 0) is 16.6 Å². The predicted octanol–water partition coefficient (Wildman–Crippen LogP) is 4.63. The van der Waals surface area contributed by atoms with Crippen molar-refractivity contribution in [2.75, 3.05) is 6.54 Å². The summed E-state index contributed by atoms with van der Waals surface area (Å²) in [5.41, 5.74) is 1.22. The number of hydrogen-bond donors (Lipinski definition) is 0. The first-order chi connectivity index (χ1) is 14.0. The summed E-state index contributed by atoms with van der Waals surface area (Å²) in [5, 5.41) is 10.9. The molecule has 2 aromatic carbocycles. The Balaban J connectivity index is 1.90. The van der Waals surface area contributed by atoms with E-state index in [-0.39, 0.29) is 28.6 Å². The molecule has 7 nitrogen and oxygen atoms in total. The van der Waals surface area contributed by atoms with Crippen LogP contribution in [-0.4, -0.2) is 29.8 Å². The van der Waals surface area contributed by atoms with Gasteiger partial charge in [-0.05, 0) is 55.7 Å². The maximum absolute atomic E-state index is 13.2. The lowest BCUT2D eigenvalue weighted by molar-refractivity contribution is -0.384. The number of nitrogens with zero attached hydrogens (tertiary/aromatic N) is 2. The third-order valence-corrected chi connectivity index (χ3v) is 6.55. The standard InChI is InChI=1S/C22H26N2O5S/c1-16(2)14-23(30(27,28)20-8-6-19(7-9-20)24(25)26)15-17-5-10-21-18(13-17)11-12-22(3,4)29-21/h5-13,16H,14-15H2,1-4H3. The van der Waals surface area contributed by atoms with Gasteiger partial charge in [0.2, 0.25) is 10.0 Å². The largest absolute Gasteiger partial charge is 0.483 e. The number of benzene rings is 2. The van der Waals surface area contributed by atoms with E-state index in [0.29, 0.717) is 6.54 Å². The van der Waals surface area contributed by atoms with Gasteiger partial charge in [-0.1, -0.05) is 26.0 Å². The minimum atomic E-state index is -3.82. The van der Waals surface area contributed by atoms with Crippen molar-refractivity contribution in [3.63, 3.8) is 0 Å². The fraction of sp³-hybridized carbons (Fsp3) is 0.364. The van der Waals surface area contributed by atoms with Gasteiger partial charge in [-0.3, -0.25) is 10.1 Å². The summed E-state index contributed by atoms with van der Waals surface area (Å²) in [7, 11) is -3.82. The zero-order valence-corrected chi connectivity index (χ0v) is 18.3. The second kappa shape index (κ2) is 8.20. The Labute approximate surface area is 177 Å². The lowest BCUT2D eigenvalue weighted by Crippen LogP contribution is -2.34. The topological polar surface area (TPSA) is 89.8 Å². The molecule has 0 fully saturated rings. The summed E-state index contributed by atoms with van der Waals surface area (Å²) in [4.78, 5) is 10.4. The van der Waals surface area contributed by atoms with Crippen LogP contribution in [0.15, 0.2) is 53.4 Å². The summed E-state index contributed by atoms with van der Waals surface area (Å²) < 4.78 is 33.8. The number of rotatable bonds is 7. The average molecular weight is 431 g/mol. The molecular weight excluding hydrogens is 404 g/mol. The molecule has 160 valence electrons. The van der Waals surface area contributed by atoms with Crippen LogP contribution in [0.2, 0.25) is 0 Å². The van der Waals surface area contributed by atoms with E-state index in [4.69, 9.17) is 4.74 Å². The summed E-state index contributed by atoms with van der Waals surface area (Å²) >= 11 is 0. The van der Waals surface area contributed by atoms with Crippen molar-refractivity contribution < 1.29 is 18.1 Å². The number of fused-ring (bicyclic) bond motifs is 1. The number of nitro benzene ring substituents is 1. The van der Waals surface area contributed by atoms with Gasteiger partial charge in [0.05, 0.1) is 9.82 Å². The van der Waals surface area contributed by atoms with Crippen molar-refractivity contribution in [1.29, 1.82) is 0 Å². The highest BCUT2D eigenvalue weighted by Crippen LogP contribution is 2.32. The molecule has 0 radical (unpaired) electrons. The molecule has 0 unspecified atom stereocenters. The highest BCUT2D eigenvalue weighted by Gasteiger charge is 2.27. The average Bonchev–Trinajstić information content (AvgIpc) is 2.66. The van der Waals surface area contributed by atoms with E-state index in [0.717, 1.165) is 16.9 Å². The van der Waals surface area contributed by atoms with Crippen LogP contribution in [0, 0.1) is 16.0 Å². The van der Waals surface area contributed by atoms with Crippen molar-refractivity contribution in [3.05, 3.63) is 69.8 Å². The molecule has 30 heavy (non-hydrogen) atoms. The van der Waals surface area contributed by atoms with Crippen LogP contribution in [0.25, 0.3) is 6.08 Å². The highest BCUT2D eigenvalue weighted by atomic mass is 32.2. The number of ether oxygens (including phenoxy) is 1. The molecule has 0 saturated carbocycles. The fourth-order valence-corrected chi connectivity index (χ4v) is 4.87. The molecule has 0 bridgehead atoms. The first-order valence-electron chi connectivity index (χ1n) is 9.74. The molecule has 0 atom stereocenters. The molecule has 8 heteroatoms. The molecule has 1 heterocycles. The molecule has 0 N–H and O–H groups in total. The van der Waals surface area contributed by atoms with Gasteiger partial charge in [0.15, 0.2) is 0 Å². The monoisotopic (exact) mass is 430 g/mol. The van der Waals surface area contributed by atoms with Crippen molar-refractivity contribution in [2.45, 2.75) is 44.7 Å². The summed E-state index contributed by atoms with van der Waals surface area (Å²) in [6.45, 7) is 8.37. The SMILES string of the molecule is CC(C)CN(Cc1ccc2c(c1)C=CC(C)(C)O2)S(=O)(=O)c1ccc([N+](=O)[O-])cc1. The quantitative estimate of drug-likeness (QED) is 0.472. The van der Waals surface area contributed by atoms with E-state index in [9.17, 15) is 18.5 Å². The zero-order chi connectivity index (χ0) is 22.1. The van der Waals surface area contributed by atoms with E-state index < -0.39 is 14.9 Å². The van der Waals surface area contributed by atoms with Gasteiger partial charge in [0.25, 0.3) is 5.69 Å². The number of sulfonamides is 1. The van der Waals surface area contributed by atoms with Crippen molar-refractivity contribution in [3.8, 4) is 5.75 Å². The number of nitro groups is 1. The van der Waals surface area contributed by atoms with E-state index in [2.05, 4.69) is 0 Å². The minimum absolute atomic E-state index is 0.0386. The lowest BCUT2D eigenvalue weighted by Gasteiger charge is -2.29. The summed E-state index contributed by atoms with van der Waals surface area (Å²) in [6, 6.07) is 10.7. The van der Waals surface area contributed by atoms with Gasteiger partial charge in [-0.2, -0.15) is 4.31 Å². The van der Waals surface area contributed by atoms with Crippen LogP contribution >= 0.6 is 0 Å². The third kappa shape index (κ3) is 4.88. The Morgan fingerprint density at radius 3 is 2.40 bits per heavy atom. The first-order valence-corrected chi connectivity index (χ1v) is 11.2. The Morgan fingerprint density at radius 1 is 1.13 bits per heavy atom. The lowest BCUT2D eigenvalue weighted by atomic mass is 10.0. The van der Waals surface area contributed by atoms with Gasteiger partial charge < -0.3 is 4.74 Å². The van der Waals surface area contributed by atoms with Gasteiger partial charge in [-0.15, -0.1) is 0 Å². The number of non-ortho nitro benzene ring substituents is 1. The van der Waals surface area contributed by atoms with Crippen LogP contribution in [0.4, 0.5) is 5.69 Å². The maximum atomic E-state index is 13.2. The Kier molecular flexibility index (Phi) is 6.01. The molecular formula is C22H26N2O5S. The summed E-state index contributed by atoms with van der Waals surface area (Å²) in [6.07, 6.45) is 3.96. The van der Waals surface area contributed by atoms with E-state index in [1.54, 1.807) is 0 Å². The molecule has 0 saturated heterocycles. The van der Waals surface area contributed by atoms with Gasteiger partial charge in [0.1, 0.15) is 11.4 Å². The van der Waals surface area contributed by atoms with Crippen LogP contribution in [0.3, 0.4) is 0 Å². The van der Waals surface area contributed by atoms with Crippen LogP contribution in [0.1, 0.15) is 38.8 Å². The Morgan fingerprint density at radius 2 is 1.80 bits per heavy atom. The molecule has 0 aromatic heterocycles. The Bertz CT molecular complexity index is 1070. The maximum Gasteiger partial charge on any atom is 0.269 e. The van der Waals surface area contributed by atoms with Gasteiger partial charge in [0, 0.05) is 30.8 Å². The number of hydrogen-bond acceptors (Lipinski definition) is 5. The van der Waals surface area contributed by atoms with E-state index >= 15 is 0 Å².